The number of aryl methyl sites for hydroxylation is 1. The maximum Gasteiger partial charge on any atom is 0.345 e. The summed E-state index contributed by atoms with van der Waals surface area (Å²) in [5.74, 6) is 0. The molecule has 2 aromatic heterocycles. The van der Waals surface area contributed by atoms with E-state index in [1.165, 1.54) is 0 Å². The zero-order valence-electron chi connectivity index (χ0n) is 7.69. The molecule has 2 rings (SSSR count). The lowest BCUT2D eigenvalue weighted by atomic mass is 10.1. The molecule has 14 heavy (non-hydrogen) atoms. The van der Waals surface area contributed by atoms with Crippen LogP contribution in [0.1, 0.15) is 5.69 Å². The minimum absolute atomic E-state index is 0.342. The minimum Gasteiger partial charge on any atom is -0.313 e. The van der Waals surface area contributed by atoms with Crippen molar-refractivity contribution in [3.05, 3.63) is 46.8 Å². The van der Waals surface area contributed by atoms with Crippen LogP contribution >= 0.6 is 0 Å². The van der Waals surface area contributed by atoms with Crippen LogP contribution < -0.4 is 5.69 Å². The molecule has 0 atom stereocenters. The van der Waals surface area contributed by atoms with Gasteiger partial charge in [0.1, 0.15) is 0 Å². The Morgan fingerprint density at radius 3 is 2.93 bits per heavy atom. The Kier molecular flexibility index (Phi) is 2.10. The summed E-state index contributed by atoms with van der Waals surface area (Å²) in [5.41, 5.74) is 2.06. The van der Waals surface area contributed by atoms with Crippen molar-refractivity contribution in [2.45, 2.75) is 6.92 Å². The molecule has 4 heteroatoms. The second kappa shape index (κ2) is 3.41. The smallest absolute Gasteiger partial charge is 0.313 e. The Morgan fingerprint density at radius 1 is 1.36 bits per heavy atom. The summed E-state index contributed by atoms with van der Waals surface area (Å²) >= 11 is 0. The van der Waals surface area contributed by atoms with Crippen molar-refractivity contribution in [3.63, 3.8) is 0 Å². The third-order valence-electron chi connectivity index (χ3n) is 1.95. The summed E-state index contributed by atoms with van der Waals surface area (Å²) in [7, 11) is 0. The van der Waals surface area contributed by atoms with Crippen molar-refractivity contribution in [2.75, 3.05) is 0 Å². The molecule has 1 N–H and O–H groups in total. The largest absolute Gasteiger partial charge is 0.345 e. The fraction of sp³-hybridized carbons (Fsp3) is 0.100. The molecule has 0 aliphatic carbocycles. The van der Waals surface area contributed by atoms with Crippen LogP contribution in [0.2, 0.25) is 0 Å². The summed E-state index contributed by atoms with van der Waals surface area (Å²) < 4.78 is 0. The quantitative estimate of drug-likeness (QED) is 0.728. The van der Waals surface area contributed by atoms with Crippen molar-refractivity contribution in [1.82, 2.24) is 15.0 Å². The predicted octanol–water partition coefficient (Wildman–Crippen LogP) is 1.14. The zero-order valence-corrected chi connectivity index (χ0v) is 7.69. The number of rotatable bonds is 1. The molecule has 0 aliphatic heterocycles. The maximum atomic E-state index is 11.0. The van der Waals surface area contributed by atoms with Gasteiger partial charge in [0.2, 0.25) is 0 Å². The molecular weight excluding hydrogens is 178 g/mol. The molecule has 0 fully saturated rings. The Bertz CT molecular complexity index is 504. The van der Waals surface area contributed by atoms with Crippen molar-refractivity contribution in [3.8, 4) is 11.3 Å². The average molecular weight is 187 g/mol. The normalized spacial score (nSPS) is 10.1. The van der Waals surface area contributed by atoms with Gasteiger partial charge < -0.3 is 4.98 Å². The summed E-state index contributed by atoms with van der Waals surface area (Å²) in [6, 6.07) is 5.47. The molecule has 0 saturated carbocycles. The molecule has 0 amide bonds. The Morgan fingerprint density at radius 2 is 2.21 bits per heavy atom. The molecule has 0 spiro atoms. The average Bonchev–Trinajstić information content (AvgIpc) is 2.18. The van der Waals surface area contributed by atoms with Gasteiger partial charge in [-0.2, -0.15) is 4.98 Å². The molecule has 0 bridgehead atoms. The lowest BCUT2D eigenvalue weighted by molar-refractivity contribution is 1.07. The second-order valence-corrected chi connectivity index (χ2v) is 2.92. The van der Waals surface area contributed by atoms with Gasteiger partial charge in [0.25, 0.3) is 0 Å². The zero-order chi connectivity index (χ0) is 9.97. The number of H-pyrrole nitrogens is 1. The van der Waals surface area contributed by atoms with Gasteiger partial charge in [-0.25, -0.2) is 4.79 Å². The number of hydrogen-bond acceptors (Lipinski definition) is 3. The van der Waals surface area contributed by atoms with E-state index in [0.29, 0.717) is 5.69 Å². The number of aromatic nitrogens is 3. The molecule has 0 aromatic carbocycles. The highest BCUT2D eigenvalue weighted by Gasteiger charge is 2.02. The number of nitrogens with zero attached hydrogens (tertiary/aromatic N) is 2. The van der Waals surface area contributed by atoms with Gasteiger partial charge in [0.15, 0.2) is 0 Å². The van der Waals surface area contributed by atoms with E-state index in [9.17, 15) is 4.79 Å². The highest BCUT2D eigenvalue weighted by Crippen LogP contribution is 2.16. The van der Waals surface area contributed by atoms with E-state index >= 15 is 0 Å². The van der Waals surface area contributed by atoms with E-state index in [1.807, 2.05) is 19.1 Å². The first-order valence-corrected chi connectivity index (χ1v) is 4.25. The van der Waals surface area contributed by atoms with Crippen molar-refractivity contribution >= 4 is 0 Å². The molecule has 0 unspecified atom stereocenters. The first-order valence-electron chi connectivity index (χ1n) is 4.25. The summed E-state index contributed by atoms with van der Waals surface area (Å²) in [5, 5.41) is 0. The van der Waals surface area contributed by atoms with E-state index < -0.39 is 0 Å². The lowest BCUT2D eigenvalue weighted by Crippen LogP contribution is -2.09. The van der Waals surface area contributed by atoms with E-state index in [1.54, 1.807) is 18.5 Å². The molecule has 4 nitrogen and oxygen atoms in total. The minimum atomic E-state index is -0.342. The van der Waals surface area contributed by atoms with Gasteiger partial charge in [-0.05, 0) is 25.1 Å². The fourth-order valence-electron chi connectivity index (χ4n) is 1.28. The van der Waals surface area contributed by atoms with Crippen LogP contribution in [-0.4, -0.2) is 15.0 Å². The SMILES string of the molecule is Cc1ncccc1-c1cc[nH]c(=O)n1. The number of aromatic amines is 1. The van der Waals surface area contributed by atoms with Crippen LogP contribution in [0.4, 0.5) is 0 Å². The molecule has 2 aromatic rings. The fourth-order valence-corrected chi connectivity index (χ4v) is 1.28. The highest BCUT2D eigenvalue weighted by atomic mass is 16.1. The van der Waals surface area contributed by atoms with Gasteiger partial charge in [-0.3, -0.25) is 4.98 Å². The third kappa shape index (κ3) is 1.54. The number of nitrogens with one attached hydrogen (secondary N) is 1. The van der Waals surface area contributed by atoms with E-state index in [2.05, 4.69) is 15.0 Å². The monoisotopic (exact) mass is 187 g/mol. The predicted molar refractivity (Wildman–Crippen MR) is 52.8 cm³/mol. The number of hydrogen-bond donors (Lipinski definition) is 1. The third-order valence-corrected chi connectivity index (χ3v) is 1.95. The van der Waals surface area contributed by atoms with Gasteiger partial charge in [0, 0.05) is 23.7 Å². The van der Waals surface area contributed by atoms with Gasteiger partial charge in [0.05, 0.1) is 5.69 Å². The van der Waals surface area contributed by atoms with Crippen molar-refractivity contribution in [2.24, 2.45) is 0 Å². The van der Waals surface area contributed by atoms with E-state index in [0.717, 1.165) is 11.3 Å². The van der Waals surface area contributed by atoms with Gasteiger partial charge in [-0.15, -0.1) is 0 Å². The molecule has 70 valence electrons. The first-order chi connectivity index (χ1) is 6.77. The van der Waals surface area contributed by atoms with Gasteiger partial charge >= 0.3 is 5.69 Å². The van der Waals surface area contributed by atoms with Crippen LogP contribution in [-0.2, 0) is 0 Å². The van der Waals surface area contributed by atoms with Crippen molar-refractivity contribution in [1.29, 1.82) is 0 Å². The second-order valence-electron chi connectivity index (χ2n) is 2.92. The van der Waals surface area contributed by atoms with Crippen molar-refractivity contribution < 1.29 is 0 Å². The Labute approximate surface area is 80.7 Å². The number of pyridine rings is 1. The molecule has 0 saturated heterocycles. The molecule has 0 aliphatic rings. The van der Waals surface area contributed by atoms with E-state index in [4.69, 9.17) is 0 Å². The van der Waals surface area contributed by atoms with Gasteiger partial charge in [-0.1, -0.05) is 0 Å². The highest BCUT2D eigenvalue weighted by molar-refractivity contribution is 5.60. The summed E-state index contributed by atoms with van der Waals surface area (Å²) in [6.07, 6.45) is 3.29. The lowest BCUT2D eigenvalue weighted by Gasteiger charge is -2.01. The van der Waals surface area contributed by atoms with Crippen LogP contribution in [0.5, 0.6) is 0 Å². The molecule has 0 radical (unpaired) electrons. The molecule has 2 heterocycles. The van der Waals surface area contributed by atoms with Crippen LogP contribution in [0.3, 0.4) is 0 Å². The van der Waals surface area contributed by atoms with Crippen LogP contribution in [0.15, 0.2) is 35.4 Å². The van der Waals surface area contributed by atoms with Crippen LogP contribution in [0, 0.1) is 6.92 Å². The van der Waals surface area contributed by atoms with Crippen LogP contribution in [0.25, 0.3) is 11.3 Å². The topological polar surface area (TPSA) is 58.6 Å². The summed E-state index contributed by atoms with van der Waals surface area (Å²) in [6.45, 7) is 1.89. The Hall–Kier alpha value is -1.97. The molecular formula is C10H9N3O. The maximum absolute atomic E-state index is 11.0. The first kappa shape index (κ1) is 8.62. The standard InChI is InChI=1S/C10H9N3O/c1-7-8(3-2-5-11-7)9-4-6-12-10(14)13-9/h2-6H,1H3,(H,12,13,14). The van der Waals surface area contributed by atoms with E-state index in [-0.39, 0.29) is 5.69 Å². The Balaban J connectivity index is 2.61. The summed E-state index contributed by atoms with van der Waals surface area (Å²) in [4.78, 5) is 21.4.